The first kappa shape index (κ1) is 24.2. The molecule has 1 heterocycles. The molecule has 0 fully saturated rings. The van der Waals surface area contributed by atoms with Gasteiger partial charge in [0.1, 0.15) is 0 Å². The minimum atomic E-state index is 0.662. The Bertz CT molecular complexity index is 2170. The molecule has 0 spiro atoms. The molecule has 7 aromatic carbocycles. The van der Waals surface area contributed by atoms with Crippen LogP contribution in [0.25, 0.3) is 77.6 Å². The van der Waals surface area contributed by atoms with Crippen molar-refractivity contribution in [1.82, 2.24) is 15.0 Å². The van der Waals surface area contributed by atoms with E-state index in [1.165, 1.54) is 43.4 Å². The summed E-state index contributed by atoms with van der Waals surface area (Å²) in [5, 5.41) is 7.31. The van der Waals surface area contributed by atoms with Crippen molar-refractivity contribution in [2.75, 3.05) is 0 Å². The van der Waals surface area contributed by atoms with Crippen molar-refractivity contribution < 1.29 is 0 Å². The number of hydrogen-bond donors (Lipinski definition) is 0. The molecule has 0 radical (unpaired) electrons. The van der Waals surface area contributed by atoms with Crippen LogP contribution in [0.3, 0.4) is 0 Å². The highest BCUT2D eigenvalue weighted by molar-refractivity contribution is 6.18. The third-order valence-corrected chi connectivity index (χ3v) is 7.90. The summed E-state index contributed by atoms with van der Waals surface area (Å²) in [6.45, 7) is 0. The molecule has 196 valence electrons. The first-order valence-electron chi connectivity index (χ1n) is 14.1. The average Bonchev–Trinajstić information content (AvgIpc) is 3.08. The molecule has 8 rings (SSSR count). The summed E-state index contributed by atoms with van der Waals surface area (Å²) in [4.78, 5) is 14.8. The standard InChI is InChI=1S/C39H25N3/c1-4-10-26(11-5-1)30-19-21-33-31(24-30)20-23-35-34(33)22-18-27-16-17-32(25-36(27)35)39-41-37(28-12-6-2-7-13-28)40-38(42-39)29-14-8-3-9-15-29/h1-25H. The Hall–Kier alpha value is -5.67. The molecule has 0 aliphatic heterocycles. The third kappa shape index (κ3) is 4.29. The van der Waals surface area contributed by atoms with E-state index in [4.69, 9.17) is 15.0 Å². The Kier molecular flexibility index (Phi) is 5.79. The normalized spacial score (nSPS) is 11.3. The van der Waals surface area contributed by atoms with Gasteiger partial charge in [-0.15, -0.1) is 0 Å². The largest absolute Gasteiger partial charge is 0.208 e. The molecule has 0 atom stereocenters. The van der Waals surface area contributed by atoms with E-state index in [1.54, 1.807) is 0 Å². The second-order valence-corrected chi connectivity index (χ2v) is 10.5. The lowest BCUT2D eigenvalue weighted by Gasteiger charge is -2.11. The molecule has 3 nitrogen and oxygen atoms in total. The van der Waals surface area contributed by atoms with E-state index in [1.807, 2.05) is 60.7 Å². The molecule has 0 saturated carbocycles. The van der Waals surface area contributed by atoms with Crippen LogP contribution in [0.2, 0.25) is 0 Å². The summed E-state index contributed by atoms with van der Waals surface area (Å²) in [5.41, 5.74) is 5.34. The summed E-state index contributed by atoms with van der Waals surface area (Å²) in [6, 6.07) is 52.9. The topological polar surface area (TPSA) is 38.7 Å². The zero-order valence-corrected chi connectivity index (χ0v) is 22.8. The van der Waals surface area contributed by atoms with Crippen LogP contribution in [0.15, 0.2) is 152 Å². The predicted octanol–water partition coefficient (Wildman–Crippen LogP) is 10.00. The van der Waals surface area contributed by atoms with Gasteiger partial charge in [0.2, 0.25) is 0 Å². The van der Waals surface area contributed by atoms with Crippen LogP contribution < -0.4 is 0 Å². The monoisotopic (exact) mass is 535 g/mol. The van der Waals surface area contributed by atoms with E-state index in [-0.39, 0.29) is 0 Å². The summed E-state index contributed by atoms with van der Waals surface area (Å²) in [6.07, 6.45) is 0. The number of aromatic nitrogens is 3. The quantitative estimate of drug-likeness (QED) is 0.211. The zero-order chi connectivity index (χ0) is 27.9. The van der Waals surface area contributed by atoms with Crippen LogP contribution in [0, 0.1) is 0 Å². The van der Waals surface area contributed by atoms with Gasteiger partial charge in [0.15, 0.2) is 17.5 Å². The van der Waals surface area contributed by atoms with Crippen LogP contribution in [-0.2, 0) is 0 Å². The van der Waals surface area contributed by atoms with Gasteiger partial charge in [-0.3, -0.25) is 0 Å². The highest BCUT2D eigenvalue weighted by Gasteiger charge is 2.14. The Morgan fingerprint density at radius 3 is 1.33 bits per heavy atom. The van der Waals surface area contributed by atoms with Crippen molar-refractivity contribution in [3.05, 3.63) is 152 Å². The lowest BCUT2D eigenvalue weighted by Crippen LogP contribution is -2.00. The van der Waals surface area contributed by atoms with Gasteiger partial charge >= 0.3 is 0 Å². The van der Waals surface area contributed by atoms with Crippen LogP contribution >= 0.6 is 0 Å². The van der Waals surface area contributed by atoms with Crippen molar-refractivity contribution in [3.63, 3.8) is 0 Å². The van der Waals surface area contributed by atoms with Crippen LogP contribution in [-0.4, -0.2) is 15.0 Å². The maximum atomic E-state index is 4.95. The van der Waals surface area contributed by atoms with Crippen LogP contribution in [0.5, 0.6) is 0 Å². The summed E-state index contributed by atoms with van der Waals surface area (Å²) in [5.74, 6) is 1.99. The fraction of sp³-hybridized carbons (Fsp3) is 0. The van der Waals surface area contributed by atoms with Crippen LogP contribution in [0.4, 0.5) is 0 Å². The first-order valence-corrected chi connectivity index (χ1v) is 14.1. The van der Waals surface area contributed by atoms with E-state index in [0.29, 0.717) is 17.5 Å². The fourth-order valence-corrected chi connectivity index (χ4v) is 5.76. The summed E-state index contributed by atoms with van der Waals surface area (Å²) >= 11 is 0. The van der Waals surface area contributed by atoms with E-state index in [9.17, 15) is 0 Å². The number of benzene rings is 7. The molecule has 42 heavy (non-hydrogen) atoms. The lowest BCUT2D eigenvalue weighted by atomic mass is 9.94. The molecular weight excluding hydrogens is 510 g/mol. The van der Waals surface area contributed by atoms with Gasteiger partial charge < -0.3 is 0 Å². The highest BCUT2D eigenvalue weighted by atomic mass is 15.0. The summed E-state index contributed by atoms with van der Waals surface area (Å²) < 4.78 is 0. The minimum absolute atomic E-state index is 0.662. The van der Waals surface area contributed by atoms with Crippen molar-refractivity contribution >= 4 is 32.3 Å². The molecule has 0 amide bonds. The van der Waals surface area contributed by atoms with E-state index in [0.717, 1.165) is 16.7 Å². The molecule has 3 heteroatoms. The summed E-state index contributed by atoms with van der Waals surface area (Å²) in [7, 11) is 0. The maximum absolute atomic E-state index is 4.95. The molecule has 1 aromatic heterocycles. The molecule has 0 bridgehead atoms. The maximum Gasteiger partial charge on any atom is 0.164 e. The predicted molar refractivity (Wildman–Crippen MR) is 174 cm³/mol. The second kappa shape index (κ2) is 10.1. The third-order valence-electron chi connectivity index (χ3n) is 7.90. The van der Waals surface area contributed by atoms with Gasteiger partial charge in [-0.25, -0.2) is 15.0 Å². The molecular formula is C39H25N3. The van der Waals surface area contributed by atoms with Crippen molar-refractivity contribution in [2.24, 2.45) is 0 Å². The lowest BCUT2D eigenvalue weighted by molar-refractivity contribution is 1.07. The Morgan fingerprint density at radius 1 is 0.262 bits per heavy atom. The van der Waals surface area contributed by atoms with Gasteiger partial charge in [0, 0.05) is 16.7 Å². The molecule has 0 saturated heterocycles. The van der Waals surface area contributed by atoms with Crippen molar-refractivity contribution in [2.45, 2.75) is 0 Å². The minimum Gasteiger partial charge on any atom is -0.208 e. The van der Waals surface area contributed by atoms with Crippen molar-refractivity contribution in [1.29, 1.82) is 0 Å². The number of fused-ring (bicyclic) bond motifs is 5. The first-order chi connectivity index (χ1) is 20.8. The Labute approximate surface area is 243 Å². The van der Waals surface area contributed by atoms with Gasteiger partial charge in [0.05, 0.1) is 0 Å². The van der Waals surface area contributed by atoms with Crippen molar-refractivity contribution in [3.8, 4) is 45.3 Å². The van der Waals surface area contributed by atoms with Gasteiger partial charge in [-0.1, -0.05) is 140 Å². The molecule has 0 aliphatic carbocycles. The molecule has 8 aromatic rings. The fourth-order valence-electron chi connectivity index (χ4n) is 5.76. The van der Waals surface area contributed by atoms with Gasteiger partial charge in [0.25, 0.3) is 0 Å². The van der Waals surface area contributed by atoms with E-state index < -0.39 is 0 Å². The SMILES string of the molecule is c1ccc(-c2ccc3c(ccc4c5cc(-c6nc(-c7ccccc7)nc(-c7ccccc7)n6)ccc5ccc34)c2)cc1. The zero-order valence-electron chi connectivity index (χ0n) is 22.8. The van der Waals surface area contributed by atoms with E-state index in [2.05, 4.69) is 91.0 Å². The average molecular weight is 536 g/mol. The molecule has 0 N–H and O–H groups in total. The number of hydrogen-bond acceptors (Lipinski definition) is 3. The molecule has 0 unspecified atom stereocenters. The van der Waals surface area contributed by atoms with E-state index >= 15 is 0 Å². The number of rotatable bonds is 4. The second-order valence-electron chi connectivity index (χ2n) is 10.5. The Morgan fingerprint density at radius 2 is 0.714 bits per heavy atom. The smallest absolute Gasteiger partial charge is 0.164 e. The number of nitrogens with zero attached hydrogens (tertiary/aromatic N) is 3. The Balaban J connectivity index is 1.30. The van der Waals surface area contributed by atoms with Crippen LogP contribution in [0.1, 0.15) is 0 Å². The highest BCUT2D eigenvalue weighted by Crippen LogP contribution is 2.35. The van der Waals surface area contributed by atoms with Gasteiger partial charge in [-0.05, 0) is 55.6 Å². The van der Waals surface area contributed by atoms with Gasteiger partial charge in [-0.2, -0.15) is 0 Å². The molecule has 0 aliphatic rings.